The van der Waals surface area contributed by atoms with E-state index in [9.17, 15) is 4.79 Å². The number of carbonyl (C=O) groups excluding carboxylic acids is 1. The fourth-order valence-corrected chi connectivity index (χ4v) is 3.20. The largest absolute Gasteiger partial charge is 0.486 e. The molecule has 1 aromatic carbocycles. The van der Waals surface area contributed by atoms with Gasteiger partial charge in [0, 0.05) is 18.2 Å². The van der Waals surface area contributed by atoms with Crippen molar-refractivity contribution in [3.05, 3.63) is 91.1 Å². The van der Waals surface area contributed by atoms with Crippen molar-refractivity contribution in [1.82, 2.24) is 0 Å². The predicted molar refractivity (Wildman–Crippen MR) is 144 cm³/mol. The number of hydrogen-bond acceptors (Lipinski definition) is 3. The molecular formula is C30H39NO3. The molecule has 0 saturated heterocycles. The summed E-state index contributed by atoms with van der Waals surface area (Å²) in [6.07, 6.45) is 33.2. The molecule has 0 aromatic heterocycles. The van der Waals surface area contributed by atoms with Gasteiger partial charge in [0.05, 0.1) is 0 Å². The maximum atomic E-state index is 12.1. The van der Waals surface area contributed by atoms with E-state index in [1.807, 2.05) is 18.2 Å². The normalized spacial score (nSPS) is 14.0. The van der Waals surface area contributed by atoms with E-state index in [0.717, 1.165) is 56.4 Å². The van der Waals surface area contributed by atoms with Crippen molar-refractivity contribution in [2.24, 2.45) is 0 Å². The lowest BCUT2D eigenvalue weighted by Crippen LogP contribution is -2.16. The average molecular weight is 462 g/mol. The van der Waals surface area contributed by atoms with Crippen LogP contribution in [0.4, 0.5) is 5.69 Å². The second kappa shape index (κ2) is 18.2. The highest BCUT2D eigenvalue weighted by Crippen LogP contribution is 2.32. The van der Waals surface area contributed by atoms with Crippen molar-refractivity contribution in [2.75, 3.05) is 18.5 Å². The molecule has 0 radical (unpaired) electrons. The molecule has 0 aliphatic carbocycles. The maximum absolute atomic E-state index is 12.1. The lowest BCUT2D eigenvalue weighted by atomic mass is 10.2. The Kier molecular flexibility index (Phi) is 14.4. The minimum atomic E-state index is -0.00351. The fourth-order valence-electron chi connectivity index (χ4n) is 3.20. The lowest BCUT2D eigenvalue weighted by molar-refractivity contribution is -0.116. The summed E-state index contributed by atoms with van der Waals surface area (Å²) < 4.78 is 11.0. The van der Waals surface area contributed by atoms with E-state index < -0.39 is 0 Å². The molecule has 1 amide bonds. The molecule has 0 unspecified atom stereocenters. The number of rotatable bonds is 15. The third-order valence-electron chi connectivity index (χ3n) is 4.96. The van der Waals surface area contributed by atoms with Gasteiger partial charge in [-0.3, -0.25) is 4.79 Å². The molecule has 4 heteroatoms. The second-order valence-corrected chi connectivity index (χ2v) is 7.86. The van der Waals surface area contributed by atoms with Gasteiger partial charge in [-0.1, -0.05) is 79.8 Å². The van der Waals surface area contributed by atoms with E-state index in [0.29, 0.717) is 25.4 Å². The quantitative estimate of drug-likeness (QED) is 0.270. The zero-order chi connectivity index (χ0) is 24.1. The number of allylic oxidation sites excluding steroid dienone is 12. The van der Waals surface area contributed by atoms with Crippen LogP contribution in [-0.2, 0) is 4.79 Å². The van der Waals surface area contributed by atoms with Crippen molar-refractivity contribution >= 4 is 11.6 Å². The van der Waals surface area contributed by atoms with E-state index in [-0.39, 0.29) is 5.91 Å². The number of ether oxygens (including phenoxy) is 2. The smallest absolute Gasteiger partial charge is 0.224 e. The first kappa shape index (κ1) is 27.0. The molecule has 1 aromatic rings. The summed E-state index contributed by atoms with van der Waals surface area (Å²) in [5.41, 5.74) is 0.733. The van der Waals surface area contributed by atoms with E-state index in [1.165, 1.54) is 0 Å². The van der Waals surface area contributed by atoms with Gasteiger partial charge >= 0.3 is 0 Å². The Morgan fingerprint density at radius 1 is 0.735 bits per heavy atom. The second-order valence-electron chi connectivity index (χ2n) is 7.86. The van der Waals surface area contributed by atoms with E-state index in [2.05, 4.69) is 85.2 Å². The molecule has 0 bridgehead atoms. The first-order valence-corrected chi connectivity index (χ1v) is 12.4. The molecule has 2 rings (SSSR count). The zero-order valence-electron chi connectivity index (χ0n) is 20.5. The Hall–Kier alpha value is -3.27. The predicted octanol–water partition coefficient (Wildman–Crippen LogP) is 7.87. The number of amides is 1. The van der Waals surface area contributed by atoms with Crippen molar-refractivity contribution in [2.45, 2.75) is 58.3 Å². The highest BCUT2D eigenvalue weighted by molar-refractivity contribution is 5.91. The number of nitrogens with one attached hydrogen (secondary N) is 1. The van der Waals surface area contributed by atoms with Gasteiger partial charge in [-0.25, -0.2) is 0 Å². The van der Waals surface area contributed by atoms with E-state index in [1.54, 1.807) is 0 Å². The highest BCUT2D eigenvalue weighted by Gasteiger charge is 2.12. The minimum absolute atomic E-state index is 0.00351. The summed E-state index contributed by atoms with van der Waals surface area (Å²) in [5.74, 6) is 1.40. The van der Waals surface area contributed by atoms with Crippen LogP contribution in [0, 0.1) is 0 Å². The average Bonchev–Trinajstić information content (AvgIpc) is 2.85. The Balaban J connectivity index is 1.47. The number of anilines is 1. The lowest BCUT2D eigenvalue weighted by Gasteiger charge is -2.18. The van der Waals surface area contributed by atoms with Gasteiger partial charge in [0.2, 0.25) is 5.91 Å². The Bertz CT molecular complexity index is 890. The Labute approximate surface area is 205 Å². The topological polar surface area (TPSA) is 47.6 Å². The molecule has 34 heavy (non-hydrogen) atoms. The van der Waals surface area contributed by atoms with Crippen LogP contribution < -0.4 is 14.8 Å². The molecule has 0 spiro atoms. The van der Waals surface area contributed by atoms with Crippen LogP contribution in [0.1, 0.15) is 58.3 Å². The number of hydrogen-bond donors (Lipinski definition) is 1. The monoisotopic (exact) mass is 461 g/mol. The van der Waals surface area contributed by atoms with Crippen LogP contribution in [-0.4, -0.2) is 19.1 Å². The molecule has 1 aliphatic heterocycles. The van der Waals surface area contributed by atoms with Crippen LogP contribution >= 0.6 is 0 Å². The van der Waals surface area contributed by atoms with Gasteiger partial charge in [-0.05, 0) is 57.1 Å². The molecule has 182 valence electrons. The van der Waals surface area contributed by atoms with Crippen molar-refractivity contribution in [3.63, 3.8) is 0 Å². The third-order valence-corrected chi connectivity index (χ3v) is 4.96. The minimum Gasteiger partial charge on any atom is -0.486 e. The molecule has 1 heterocycles. The molecule has 4 nitrogen and oxygen atoms in total. The van der Waals surface area contributed by atoms with Crippen molar-refractivity contribution in [3.8, 4) is 11.5 Å². The van der Waals surface area contributed by atoms with Gasteiger partial charge in [-0.2, -0.15) is 0 Å². The highest BCUT2D eigenvalue weighted by atomic mass is 16.6. The van der Waals surface area contributed by atoms with Crippen LogP contribution in [0.3, 0.4) is 0 Å². The first-order valence-electron chi connectivity index (χ1n) is 12.4. The van der Waals surface area contributed by atoms with Crippen LogP contribution in [0.15, 0.2) is 91.1 Å². The number of fused-ring (bicyclic) bond motifs is 1. The first-order chi connectivity index (χ1) is 16.8. The van der Waals surface area contributed by atoms with Crippen molar-refractivity contribution < 1.29 is 14.3 Å². The van der Waals surface area contributed by atoms with Crippen molar-refractivity contribution in [1.29, 1.82) is 0 Å². The number of carbonyl (C=O) groups is 1. The summed E-state index contributed by atoms with van der Waals surface area (Å²) in [5, 5.41) is 2.91. The van der Waals surface area contributed by atoms with Crippen LogP contribution in [0.5, 0.6) is 11.5 Å². The molecule has 1 aliphatic rings. The molecular weight excluding hydrogens is 422 g/mol. The molecule has 0 fully saturated rings. The summed E-state index contributed by atoms with van der Waals surface area (Å²) in [7, 11) is 0. The zero-order valence-corrected chi connectivity index (χ0v) is 20.5. The summed E-state index contributed by atoms with van der Waals surface area (Å²) in [6.45, 7) is 3.25. The summed E-state index contributed by atoms with van der Waals surface area (Å²) in [6, 6.07) is 5.47. The third kappa shape index (κ3) is 12.7. The van der Waals surface area contributed by atoms with E-state index >= 15 is 0 Å². The SMILES string of the molecule is CCC=CCC=CCC=CCC=CCC=CCC=CCCC(=O)Nc1ccc2c(c1)OCCO2. The fraction of sp³-hybridized carbons (Fsp3) is 0.367. The number of benzene rings is 1. The van der Waals surface area contributed by atoms with Crippen LogP contribution in [0.2, 0.25) is 0 Å². The van der Waals surface area contributed by atoms with Gasteiger partial charge in [0.15, 0.2) is 11.5 Å². The van der Waals surface area contributed by atoms with Crippen LogP contribution in [0.25, 0.3) is 0 Å². The summed E-state index contributed by atoms with van der Waals surface area (Å²) in [4.78, 5) is 12.1. The molecule has 0 saturated carbocycles. The summed E-state index contributed by atoms with van der Waals surface area (Å²) >= 11 is 0. The van der Waals surface area contributed by atoms with Gasteiger partial charge in [-0.15, -0.1) is 0 Å². The molecule has 1 N–H and O–H groups in total. The van der Waals surface area contributed by atoms with Gasteiger partial charge in [0.1, 0.15) is 13.2 Å². The maximum Gasteiger partial charge on any atom is 0.224 e. The van der Waals surface area contributed by atoms with Gasteiger partial charge < -0.3 is 14.8 Å². The van der Waals surface area contributed by atoms with E-state index in [4.69, 9.17) is 9.47 Å². The Morgan fingerprint density at radius 2 is 1.24 bits per heavy atom. The molecule has 0 atom stereocenters. The van der Waals surface area contributed by atoms with Gasteiger partial charge in [0.25, 0.3) is 0 Å². The standard InChI is InChI=1S/C30H39NO3/c1-2-3-4-5-6-7-8-9-10-11-12-13-14-15-16-17-18-19-20-21-30(32)31-27-22-23-28-29(26-27)34-25-24-33-28/h3-4,6-7,9-10,12-13,15-16,18-19,22-23,26H,2,5,8,11,14,17,20-21,24-25H2,1H3,(H,31,32). The Morgan fingerprint density at radius 3 is 1.79 bits per heavy atom.